The Kier molecular flexibility index (Phi) is 7.28. The number of methoxy groups -OCH3 is 2. The van der Waals surface area contributed by atoms with Gasteiger partial charge >= 0.3 is 0 Å². The molecule has 3 N–H and O–H groups in total. The van der Waals surface area contributed by atoms with Crippen LogP contribution in [0.25, 0.3) is 6.08 Å². The van der Waals surface area contributed by atoms with Crippen LogP contribution in [0.2, 0.25) is 0 Å². The van der Waals surface area contributed by atoms with Gasteiger partial charge in [0.15, 0.2) is 28.8 Å². The van der Waals surface area contributed by atoms with E-state index in [1.165, 1.54) is 32.4 Å². The van der Waals surface area contributed by atoms with E-state index in [1.54, 1.807) is 36.4 Å². The fourth-order valence-electron chi connectivity index (χ4n) is 2.37. The van der Waals surface area contributed by atoms with Crippen molar-refractivity contribution in [2.75, 3.05) is 14.2 Å². The number of benzene rings is 1. The van der Waals surface area contributed by atoms with Gasteiger partial charge in [0.25, 0.3) is 0 Å². The van der Waals surface area contributed by atoms with Crippen molar-refractivity contribution in [2.45, 2.75) is 6.42 Å². The number of ether oxygens (including phenoxy) is 2. The predicted molar refractivity (Wildman–Crippen MR) is 107 cm³/mol. The van der Waals surface area contributed by atoms with Gasteiger partial charge in [-0.05, 0) is 54.0 Å². The lowest BCUT2D eigenvalue weighted by Crippen LogP contribution is -1.92. The number of carbonyl (C=O) groups is 1. The summed E-state index contributed by atoms with van der Waals surface area (Å²) >= 11 is 0. The molecule has 1 aromatic rings. The van der Waals surface area contributed by atoms with Crippen molar-refractivity contribution in [3.05, 3.63) is 89.1 Å². The van der Waals surface area contributed by atoms with E-state index in [-0.39, 0.29) is 17.3 Å². The van der Waals surface area contributed by atoms with Crippen molar-refractivity contribution in [2.24, 2.45) is 0 Å². The molecule has 28 heavy (non-hydrogen) atoms. The molecular weight excluding hydrogens is 360 g/mol. The Labute approximate surface area is 163 Å². The van der Waals surface area contributed by atoms with Crippen LogP contribution in [0.3, 0.4) is 0 Å². The van der Waals surface area contributed by atoms with Crippen molar-refractivity contribution in [1.82, 2.24) is 0 Å². The summed E-state index contributed by atoms with van der Waals surface area (Å²) in [4.78, 5) is 12.0. The number of allylic oxidation sites excluding steroid dienone is 8. The molecular formula is C22H22O6. The SMILES string of the molecule is COC1=CC(/C=C/C(=O)C=C(O)/C=C/c2ccc(O)c(OC)c2)=CCC=C1O. The van der Waals surface area contributed by atoms with Gasteiger partial charge in [0.2, 0.25) is 0 Å². The van der Waals surface area contributed by atoms with Crippen LogP contribution in [0.5, 0.6) is 11.5 Å². The van der Waals surface area contributed by atoms with Gasteiger partial charge < -0.3 is 24.8 Å². The number of carbonyl (C=O) groups excluding carboxylic acids is 1. The van der Waals surface area contributed by atoms with E-state index in [4.69, 9.17) is 9.47 Å². The van der Waals surface area contributed by atoms with Crippen molar-refractivity contribution in [1.29, 1.82) is 0 Å². The Morgan fingerprint density at radius 1 is 1.07 bits per heavy atom. The van der Waals surface area contributed by atoms with Gasteiger partial charge in [-0.2, -0.15) is 0 Å². The highest BCUT2D eigenvalue weighted by Gasteiger charge is 2.06. The molecule has 0 saturated carbocycles. The highest BCUT2D eigenvalue weighted by Crippen LogP contribution is 2.26. The second-order valence-corrected chi connectivity index (χ2v) is 5.81. The van der Waals surface area contributed by atoms with Crippen LogP contribution in [0.15, 0.2) is 83.6 Å². The Morgan fingerprint density at radius 3 is 2.57 bits per heavy atom. The summed E-state index contributed by atoms with van der Waals surface area (Å²) in [6.45, 7) is 0. The van der Waals surface area contributed by atoms with E-state index in [1.807, 2.05) is 6.08 Å². The number of hydrogen-bond acceptors (Lipinski definition) is 6. The standard InChI is InChI=1S/C22H22O6/c1-27-21-12-15(4-3-5-19(21)25)6-9-17(23)14-18(24)10-7-16-8-11-20(26)22(13-16)28-2/h4-14,24-26H,3H2,1-2H3/b9-6+,10-7+,18-14?. The van der Waals surface area contributed by atoms with Crippen LogP contribution in [0.4, 0.5) is 0 Å². The second kappa shape index (κ2) is 9.87. The molecule has 6 nitrogen and oxygen atoms in total. The molecule has 0 saturated heterocycles. The van der Waals surface area contributed by atoms with Crippen LogP contribution in [-0.2, 0) is 9.53 Å². The Bertz CT molecular complexity index is 913. The summed E-state index contributed by atoms with van der Waals surface area (Å²) < 4.78 is 10.1. The molecule has 0 unspecified atom stereocenters. The Balaban J connectivity index is 2.04. The largest absolute Gasteiger partial charge is 0.508 e. The summed E-state index contributed by atoms with van der Waals surface area (Å²) in [5.41, 5.74) is 1.39. The summed E-state index contributed by atoms with van der Waals surface area (Å²) in [6.07, 6.45) is 12.5. The van der Waals surface area contributed by atoms with Crippen LogP contribution in [-0.4, -0.2) is 35.3 Å². The van der Waals surface area contributed by atoms with Crippen molar-refractivity contribution in [3.8, 4) is 11.5 Å². The highest BCUT2D eigenvalue weighted by molar-refractivity contribution is 6.00. The molecule has 146 valence electrons. The molecule has 1 aliphatic rings. The predicted octanol–water partition coefficient (Wildman–Crippen LogP) is 4.28. The molecule has 0 aromatic heterocycles. The first-order valence-corrected chi connectivity index (χ1v) is 8.46. The quantitative estimate of drug-likeness (QED) is 0.370. The molecule has 1 aliphatic carbocycles. The third-order valence-corrected chi connectivity index (χ3v) is 3.82. The summed E-state index contributed by atoms with van der Waals surface area (Å²) in [6, 6.07) is 4.72. The lowest BCUT2D eigenvalue weighted by molar-refractivity contribution is -0.110. The maximum absolute atomic E-state index is 12.0. The maximum atomic E-state index is 12.0. The number of aromatic hydroxyl groups is 1. The first-order chi connectivity index (χ1) is 13.4. The number of phenols is 1. The van der Waals surface area contributed by atoms with Crippen LogP contribution < -0.4 is 4.74 Å². The third-order valence-electron chi connectivity index (χ3n) is 3.82. The maximum Gasteiger partial charge on any atom is 0.182 e. The van der Waals surface area contributed by atoms with Gasteiger partial charge in [-0.3, -0.25) is 4.79 Å². The monoisotopic (exact) mass is 382 g/mol. The summed E-state index contributed by atoms with van der Waals surface area (Å²) in [7, 11) is 2.89. The zero-order valence-corrected chi connectivity index (χ0v) is 15.6. The number of rotatable bonds is 7. The molecule has 0 radical (unpaired) electrons. The first-order valence-electron chi connectivity index (χ1n) is 8.46. The molecule has 0 fully saturated rings. The van der Waals surface area contributed by atoms with E-state index in [0.717, 1.165) is 6.08 Å². The lowest BCUT2D eigenvalue weighted by atomic mass is 10.1. The smallest absolute Gasteiger partial charge is 0.182 e. The molecule has 0 spiro atoms. The summed E-state index contributed by atoms with van der Waals surface area (Å²) in [5, 5.41) is 29.2. The minimum atomic E-state index is -0.403. The molecule has 2 rings (SSSR count). The van der Waals surface area contributed by atoms with Gasteiger partial charge in [-0.15, -0.1) is 0 Å². The minimum absolute atomic E-state index is 0.0155. The normalized spacial score (nSPS) is 15.1. The van der Waals surface area contributed by atoms with E-state index < -0.39 is 5.78 Å². The average Bonchev–Trinajstić information content (AvgIpc) is 2.86. The zero-order chi connectivity index (χ0) is 20.5. The third kappa shape index (κ3) is 5.95. The number of ketones is 1. The first kappa shape index (κ1) is 20.6. The van der Waals surface area contributed by atoms with Crippen LogP contribution in [0, 0.1) is 0 Å². The van der Waals surface area contributed by atoms with Gasteiger partial charge in [0.05, 0.1) is 14.2 Å². The molecule has 0 bridgehead atoms. The van der Waals surface area contributed by atoms with Gasteiger partial charge in [0, 0.05) is 6.08 Å². The molecule has 0 atom stereocenters. The fraction of sp³-hybridized carbons (Fsp3) is 0.136. The van der Waals surface area contributed by atoms with Gasteiger partial charge in [0.1, 0.15) is 5.76 Å². The lowest BCUT2D eigenvalue weighted by Gasteiger charge is -2.03. The van der Waals surface area contributed by atoms with Crippen molar-refractivity contribution in [3.63, 3.8) is 0 Å². The minimum Gasteiger partial charge on any atom is -0.508 e. The Hall–Kier alpha value is -3.67. The highest BCUT2D eigenvalue weighted by atomic mass is 16.5. The number of phenolic OH excluding ortho intramolecular Hbond substituents is 1. The zero-order valence-electron chi connectivity index (χ0n) is 15.6. The van der Waals surface area contributed by atoms with Crippen molar-refractivity contribution >= 4 is 11.9 Å². The fourth-order valence-corrected chi connectivity index (χ4v) is 2.37. The average molecular weight is 382 g/mol. The molecule has 0 heterocycles. The summed E-state index contributed by atoms with van der Waals surface area (Å²) in [5.74, 6) is 0.0599. The van der Waals surface area contributed by atoms with E-state index >= 15 is 0 Å². The topological polar surface area (TPSA) is 96.2 Å². The molecule has 6 heteroatoms. The van der Waals surface area contributed by atoms with Gasteiger partial charge in [-0.1, -0.05) is 24.3 Å². The van der Waals surface area contributed by atoms with E-state index in [2.05, 4.69) is 0 Å². The second-order valence-electron chi connectivity index (χ2n) is 5.81. The number of aliphatic hydroxyl groups excluding tert-OH is 2. The van der Waals surface area contributed by atoms with E-state index in [9.17, 15) is 20.1 Å². The van der Waals surface area contributed by atoms with E-state index in [0.29, 0.717) is 29.1 Å². The van der Waals surface area contributed by atoms with Gasteiger partial charge in [-0.25, -0.2) is 0 Å². The number of aliphatic hydroxyl groups is 2. The molecule has 0 aliphatic heterocycles. The Morgan fingerprint density at radius 2 is 1.86 bits per heavy atom. The van der Waals surface area contributed by atoms with Crippen LogP contribution in [0.1, 0.15) is 12.0 Å². The molecule has 0 amide bonds. The molecule has 1 aromatic carbocycles. The van der Waals surface area contributed by atoms with Crippen molar-refractivity contribution < 1.29 is 29.6 Å². The van der Waals surface area contributed by atoms with Crippen LogP contribution >= 0.6 is 0 Å². The number of hydrogen-bond donors (Lipinski definition) is 3.